The molecule has 28 atom stereocenters. The van der Waals surface area contributed by atoms with Crippen LogP contribution >= 0.6 is 0 Å². The van der Waals surface area contributed by atoms with Crippen molar-refractivity contribution in [1.29, 1.82) is 0 Å². The van der Waals surface area contributed by atoms with E-state index in [0.717, 1.165) is 11.1 Å². The van der Waals surface area contributed by atoms with Crippen LogP contribution in [0.3, 0.4) is 0 Å². The first-order valence-corrected chi connectivity index (χ1v) is 30.8. The molecule has 8 fully saturated rings. The molecule has 6 N–H and O–H groups in total. The molecule has 1 aromatic carbocycles. The van der Waals surface area contributed by atoms with Gasteiger partial charge in [-0.05, 0) is 110 Å². The molecule has 5 saturated heterocycles. The summed E-state index contributed by atoms with van der Waals surface area (Å²) >= 11 is 0. The smallest absolute Gasteiger partial charge is 0.331 e. The average Bonchev–Trinajstić information content (AvgIpc) is 1.68. The van der Waals surface area contributed by atoms with Gasteiger partial charge in [0.2, 0.25) is 0 Å². The van der Waals surface area contributed by atoms with Crippen LogP contribution in [-0.2, 0) is 75.9 Å². The largest absolute Gasteiger partial charge is 0.458 e. The Hall–Kier alpha value is -2.92. The maximum absolute atomic E-state index is 13.6. The molecule has 5 heterocycles. The second-order valence-corrected chi connectivity index (χ2v) is 26.1. The Morgan fingerprint density at radius 2 is 1.08 bits per heavy atom. The van der Waals surface area contributed by atoms with Gasteiger partial charge in [-0.25, -0.2) is 4.79 Å². The first kappa shape index (κ1) is 65.0. The molecule has 478 valence electrons. The van der Waals surface area contributed by atoms with Crippen molar-refractivity contribution in [3.05, 3.63) is 53.6 Å². The van der Waals surface area contributed by atoms with Crippen molar-refractivity contribution in [2.24, 2.45) is 16.7 Å². The SMILES string of the molecule is COC1CC(OC2C(C)OC(OC3C(C)OC(OC4C(O)CC(OC5C(O)CC(OC6CCC7(C)C(=CCC8(O)C7CC(OC(=O)C=Cc7ccccc7)C7(C)C(O)(C(C)=O)CCC87O)C6)OC5C)OC4C)CC3OC)CC2OC)OC(C)C1O. The molecule has 5 aliphatic heterocycles. The molecule has 1 aromatic rings. The van der Waals surface area contributed by atoms with Crippen molar-refractivity contribution in [2.45, 2.75) is 284 Å². The molecule has 22 heteroatoms. The molecule has 9 aliphatic rings. The van der Waals surface area contributed by atoms with Gasteiger partial charge >= 0.3 is 5.97 Å². The Morgan fingerprint density at radius 1 is 0.600 bits per heavy atom. The van der Waals surface area contributed by atoms with Crippen molar-refractivity contribution >= 4 is 17.8 Å². The Balaban J connectivity index is 0.705. The Labute approximate surface area is 498 Å². The first-order chi connectivity index (χ1) is 40.3. The summed E-state index contributed by atoms with van der Waals surface area (Å²) in [5.74, 6) is -1.88. The fraction of sp³-hybridized carbons (Fsp3) is 0.810. The van der Waals surface area contributed by atoms with Gasteiger partial charge in [-0.3, -0.25) is 4.79 Å². The van der Waals surface area contributed by atoms with Crippen LogP contribution in [-0.4, -0.2) is 216 Å². The van der Waals surface area contributed by atoms with Crippen LogP contribution in [0.5, 0.6) is 0 Å². The third-order valence-corrected chi connectivity index (χ3v) is 21.3. The number of ether oxygens (including phenoxy) is 14. The highest BCUT2D eigenvalue weighted by Crippen LogP contribution is 2.71. The fourth-order valence-corrected chi connectivity index (χ4v) is 16.3. The number of benzene rings is 1. The molecule has 3 saturated carbocycles. The molecule has 0 spiro atoms. The van der Waals surface area contributed by atoms with E-state index < -0.39 is 174 Å². The summed E-state index contributed by atoms with van der Waals surface area (Å²) in [6.45, 7) is 14.0. The van der Waals surface area contributed by atoms with Crippen LogP contribution in [0.25, 0.3) is 6.08 Å². The number of fused-ring (bicyclic) bond motifs is 5. The molecule has 22 nitrogen and oxygen atoms in total. The van der Waals surface area contributed by atoms with Crippen molar-refractivity contribution in [2.75, 3.05) is 21.3 Å². The monoisotopic (exact) mass is 1200 g/mol. The highest BCUT2D eigenvalue weighted by atomic mass is 16.8. The highest BCUT2D eigenvalue weighted by molar-refractivity contribution is 5.88. The number of esters is 1. The second-order valence-electron chi connectivity index (χ2n) is 26.1. The van der Waals surface area contributed by atoms with Gasteiger partial charge in [0.15, 0.2) is 37.2 Å². The third kappa shape index (κ3) is 12.2. The normalized spacial score (nSPS) is 49.3. The number of ketones is 1. The molecule has 4 aliphatic carbocycles. The van der Waals surface area contributed by atoms with Crippen LogP contribution in [0.15, 0.2) is 48.1 Å². The lowest BCUT2D eigenvalue weighted by molar-refractivity contribution is -0.351. The number of hydrogen-bond donors (Lipinski definition) is 6. The standard InChI is InChI=1S/C63H94O22/c1-32-54(68)43(72-9)28-51(75-32)84-57-36(5)79-53(30-45(57)74-11)85-58-35(4)78-52(29-44(58)73-10)83-56-34(3)77-50(27-42(56)66)82-55-33(2)76-49(26-41(55)65)80-40-20-21-59(7)39(25-40)19-22-62(70)46(59)31-47(81-48(67)18-17-38-15-13-12-14-16-38)60(8)61(69,37(6)64)23-24-63(60,62)71/h12-19,32-36,40-47,49-58,65-66,68-71H,20-31H2,1-11H3. The molecule has 0 bridgehead atoms. The minimum absolute atomic E-state index is 0.0464. The van der Waals surface area contributed by atoms with Crippen LogP contribution in [0.2, 0.25) is 0 Å². The van der Waals surface area contributed by atoms with Gasteiger partial charge in [-0.15, -0.1) is 0 Å². The van der Waals surface area contributed by atoms with Crippen LogP contribution in [0.4, 0.5) is 0 Å². The van der Waals surface area contributed by atoms with E-state index in [1.807, 2.05) is 50.3 Å². The predicted molar refractivity (Wildman–Crippen MR) is 301 cm³/mol. The van der Waals surface area contributed by atoms with Crippen LogP contribution < -0.4 is 0 Å². The summed E-state index contributed by atoms with van der Waals surface area (Å²) in [5, 5.41) is 71.7. The van der Waals surface area contributed by atoms with Crippen molar-refractivity contribution in [3.63, 3.8) is 0 Å². The lowest BCUT2D eigenvalue weighted by Gasteiger charge is -2.67. The Kier molecular flexibility index (Phi) is 19.7. The Morgan fingerprint density at radius 3 is 1.60 bits per heavy atom. The molecule has 0 radical (unpaired) electrons. The summed E-state index contributed by atoms with van der Waals surface area (Å²) < 4.78 is 87.3. The van der Waals surface area contributed by atoms with E-state index in [4.69, 9.17) is 66.3 Å². The topological polar surface area (TPSA) is 285 Å². The Bertz CT molecular complexity index is 2500. The predicted octanol–water partition coefficient (Wildman–Crippen LogP) is 4.46. The van der Waals surface area contributed by atoms with Crippen LogP contribution in [0.1, 0.15) is 138 Å². The lowest BCUT2D eigenvalue weighted by atomic mass is 9.42. The van der Waals surface area contributed by atoms with Gasteiger partial charge in [-0.1, -0.05) is 48.9 Å². The molecule has 85 heavy (non-hydrogen) atoms. The van der Waals surface area contributed by atoms with E-state index in [-0.39, 0.29) is 51.0 Å². The molecular weight excluding hydrogens is 1110 g/mol. The molecule has 10 rings (SSSR count). The molecule has 0 amide bonds. The van der Waals surface area contributed by atoms with E-state index in [1.165, 1.54) is 13.0 Å². The number of aliphatic hydroxyl groups is 6. The number of Topliss-reactive ketones (excluding diaryl/α,β-unsaturated/α-hetero) is 1. The van der Waals surface area contributed by atoms with Crippen molar-refractivity contribution < 1.29 is 107 Å². The third-order valence-electron chi connectivity index (χ3n) is 21.3. The first-order valence-electron chi connectivity index (χ1n) is 30.8. The van der Waals surface area contributed by atoms with Gasteiger partial charge in [0.05, 0.1) is 72.6 Å². The van der Waals surface area contributed by atoms with Crippen LogP contribution in [0, 0.1) is 16.7 Å². The minimum Gasteiger partial charge on any atom is -0.458 e. The van der Waals surface area contributed by atoms with Crippen molar-refractivity contribution in [3.8, 4) is 0 Å². The number of methoxy groups -OCH3 is 3. The minimum atomic E-state index is -2.07. The van der Waals surface area contributed by atoms with E-state index in [2.05, 4.69) is 6.92 Å². The van der Waals surface area contributed by atoms with E-state index >= 15 is 0 Å². The number of hydrogen-bond acceptors (Lipinski definition) is 22. The molecule has 28 unspecified atom stereocenters. The average molecular weight is 1200 g/mol. The summed E-state index contributed by atoms with van der Waals surface area (Å²) in [6.07, 6.45) is -7.07. The summed E-state index contributed by atoms with van der Waals surface area (Å²) in [5.41, 5.74) is -6.45. The second kappa shape index (κ2) is 25.8. The number of aliphatic hydroxyl groups excluding tert-OH is 3. The van der Waals surface area contributed by atoms with Crippen molar-refractivity contribution in [1.82, 2.24) is 0 Å². The lowest BCUT2D eigenvalue weighted by Crippen LogP contribution is -2.78. The van der Waals surface area contributed by atoms with E-state index in [9.17, 15) is 40.2 Å². The zero-order valence-corrected chi connectivity index (χ0v) is 51.1. The van der Waals surface area contributed by atoms with Gasteiger partial charge in [0, 0.05) is 65.4 Å². The summed E-state index contributed by atoms with van der Waals surface area (Å²) in [4.78, 5) is 27.0. The summed E-state index contributed by atoms with van der Waals surface area (Å²) in [7, 11) is 4.76. The quantitative estimate of drug-likeness (QED) is 0.0713. The van der Waals surface area contributed by atoms with Gasteiger partial charge in [0.25, 0.3) is 0 Å². The number of carbonyl (C=O) groups is 2. The molecular formula is C63H94O22. The highest BCUT2D eigenvalue weighted by Gasteiger charge is 2.81. The summed E-state index contributed by atoms with van der Waals surface area (Å²) in [6, 6.07) is 9.24. The van der Waals surface area contributed by atoms with Gasteiger partial charge in [-0.2, -0.15) is 0 Å². The maximum Gasteiger partial charge on any atom is 0.331 e. The zero-order chi connectivity index (χ0) is 61.1. The fourth-order valence-electron chi connectivity index (χ4n) is 16.3. The number of rotatable bonds is 17. The molecule has 0 aromatic heterocycles. The van der Waals surface area contributed by atoms with E-state index in [0.29, 0.717) is 32.1 Å². The zero-order valence-electron chi connectivity index (χ0n) is 51.1. The maximum atomic E-state index is 13.6. The number of carbonyl (C=O) groups excluding carboxylic acids is 2. The van der Waals surface area contributed by atoms with E-state index in [1.54, 1.807) is 55.1 Å². The van der Waals surface area contributed by atoms with Gasteiger partial charge in [0.1, 0.15) is 53.4 Å². The van der Waals surface area contributed by atoms with Gasteiger partial charge < -0.3 is 97.0 Å².